The van der Waals surface area contributed by atoms with Crippen LogP contribution in [0, 0.1) is 11.6 Å². The van der Waals surface area contributed by atoms with Crippen molar-refractivity contribution in [2.24, 2.45) is 0 Å². The van der Waals surface area contributed by atoms with Crippen LogP contribution in [0.1, 0.15) is 25.5 Å². The summed E-state index contributed by atoms with van der Waals surface area (Å²) in [4.78, 5) is 14.2. The molecule has 9 heteroatoms. The molecule has 1 N–H and O–H groups in total. The first-order chi connectivity index (χ1) is 14.2. The van der Waals surface area contributed by atoms with Crippen LogP contribution in [0.15, 0.2) is 53.4 Å². The Kier molecular flexibility index (Phi) is 6.84. The van der Waals surface area contributed by atoms with E-state index in [1.807, 2.05) is 11.8 Å². The molecule has 1 saturated heterocycles. The van der Waals surface area contributed by atoms with Gasteiger partial charge in [-0.15, -0.1) is 0 Å². The van der Waals surface area contributed by atoms with E-state index >= 15 is 0 Å². The minimum atomic E-state index is -3.92. The second-order valence-corrected chi connectivity index (χ2v) is 9.23. The van der Waals surface area contributed by atoms with Gasteiger partial charge in [-0.05, 0) is 43.7 Å². The van der Waals surface area contributed by atoms with Gasteiger partial charge in [-0.3, -0.25) is 9.69 Å². The summed E-state index contributed by atoms with van der Waals surface area (Å²) in [7, 11) is -3.92. The standard InChI is InChI=1S/C21H25F2N3O3S/c1-15(17-7-9-18(22)10-8-17)24-21(27)16(2)25-11-13-26(14-12-25)30(28,29)20-6-4-3-5-19(20)23/h3-10,15-16H,11-14H2,1-2H3,(H,24,27)/t15-,16-/m0/s1. The molecule has 0 bridgehead atoms. The molecule has 0 unspecified atom stereocenters. The SMILES string of the molecule is C[C@H](NC(=O)[C@H](C)N1CCN(S(=O)(=O)c2ccccc2F)CC1)c1ccc(F)cc1. The van der Waals surface area contributed by atoms with Gasteiger partial charge < -0.3 is 5.32 Å². The number of sulfonamides is 1. The Morgan fingerprint density at radius 2 is 1.57 bits per heavy atom. The number of benzene rings is 2. The van der Waals surface area contributed by atoms with Crippen molar-refractivity contribution in [3.05, 3.63) is 65.7 Å². The number of amides is 1. The van der Waals surface area contributed by atoms with Crippen molar-refractivity contribution in [2.45, 2.75) is 30.8 Å². The lowest BCUT2D eigenvalue weighted by molar-refractivity contribution is -0.127. The average Bonchev–Trinajstić information content (AvgIpc) is 2.74. The van der Waals surface area contributed by atoms with Crippen LogP contribution in [0.5, 0.6) is 0 Å². The Hall–Kier alpha value is -2.36. The molecule has 0 spiro atoms. The van der Waals surface area contributed by atoms with E-state index in [4.69, 9.17) is 0 Å². The number of rotatable bonds is 6. The van der Waals surface area contributed by atoms with Crippen LogP contribution in [0.3, 0.4) is 0 Å². The van der Waals surface area contributed by atoms with E-state index in [-0.39, 0.29) is 35.8 Å². The van der Waals surface area contributed by atoms with Gasteiger partial charge in [0.2, 0.25) is 15.9 Å². The van der Waals surface area contributed by atoms with E-state index in [0.717, 1.165) is 11.6 Å². The zero-order valence-corrected chi connectivity index (χ0v) is 17.7. The fourth-order valence-corrected chi connectivity index (χ4v) is 4.95. The van der Waals surface area contributed by atoms with Gasteiger partial charge in [0.05, 0.1) is 12.1 Å². The highest BCUT2D eigenvalue weighted by Crippen LogP contribution is 2.21. The number of halogens is 2. The zero-order valence-electron chi connectivity index (χ0n) is 16.9. The summed E-state index contributed by atoms with van der Waals surface area (Å²) in [5, 5.41) is 2.90. The molecule has 162 valence electrons. The second kappa shape index (κ2) is 9.20. The molecule has 3 rings (SSSR count). The van der Waals surface area contributed by atoms with Crippen molar-refractivity contribution in [3.63, 3.8) is 0 Å². The van der Waals surface area contributed by atoms with Gasteiger partial charge in [0.15, 0.2) is 0 Å². The highest BCUT2D eigenvalue weighted by molar-refractivity contribution is 7.89. The van der Waals surface area contributed by atoms with E-state index in [9.17, 15) is 22.0 Å². The second-order valence-electron chi connectivity index (χ2n) is 7.33. The molecule has 0 aliphatic carbocycles. The monoisotopic (exact) mass is 437 g/mol. The Morgan fingerprint density at radius 1 is 0.967 bits per heavy atom. The molecule has 1 fully saturated rings. The molecule has 0 radical (unpaired) electrons. The molecule has 1 heterocycles. The molecule has 0 saturated carbocycles. The van der Waals surface area contributed by atoms with E-state index < -0.39 is 21.9 Å². The van der Waals surface area contributed by atoms with Crippen molar-refractivity contribution in [1.29, 1.82) is 0 Å². The lowest BCUT2D eigenvalue weighted by Gasteiger charge is -2.37. The number of hydrogen-bond donors (Lipinski definition) is 1. The summed E-state index contributed by atoms with van der Waals surface area (Å²) in [5.74, 6) is -1.31. The molecular formula is C21H25F2N3O3S. The lowest BCUT2D eigenvalue weighted by Crippen LogP contribution is -2.55. The minimum absolute atomic E-state index is 0.168. The smallest absolute Gasteiger partial charge is 0.246 e. The molecule has 2 atom stereocenters. The summed E-state index contributed by atoms with van der Waals surface area (Å²) in [6.07, 6.45) is 0. The summed E-state index contributed by atoms with van der Waals surface area (Å²) in [6, 6.07) is 10.5. The number of carbonyl (C=O) groups excluding carboxylic acids is 1. The first kappa shape index (κ1) is 22.3. The van der Waals surface area contributed by atoms with Crippen LogP contribution in [0.2, 0.25) is 0 Å². The first-order valence-corrected chi connectivity index (χ1v) is 11.2. The lowest BCUT2D eigenvalue weighted by atomic mass is 10.1. The van der Waals surface area contributed by atoms with Crippen LogP contribution in [-0.4, -0.2) is 55.8 Å². The topological polar surface area (TPSA) is 69.7 Å². The van der Waals surface area contributed by atoms with Crippen molar-refractivity contribution in [1.82, 2.24) is 14.5 Å². The van der Waals surface area contributed by atoms with Crippen molar-refractivity contribution < 1.29 is 22.0 Å². The third kappa shape index (κ3) is 4.85. The van der Waals surface area contributed by atoms with Gasteiger partial charge in [0, 0.05) is 26.2 Å². The van der Waals surface area contributed by atoms with Crippen molar-refractivity contribution in [2.75, 3.05) is 26.2 Å². The molecule has 2 aromatic rings. The molecule has 6 nitrogen and oxygen atoms in total. The number of piperazine rings is 1. The van der Waals surface area contributed by atoms with Crippen molar-refractivity contribution in [3.8, 4) is 0 Å². The van der Waals surface area contributed by atoms with Crippen LogP contribution in [-0.2, 0) is 14.8 Å². The molecule has 0 aromatic heterocycles. The Labute approximate surface area is 175 Å². The molecule has 2 aromatic carbocycles. The summed E-state index contributed by atoms with van der Waals surface area (Å²) >= 11 is 0. The van der Waals surface area contributed by atoms with Gasteiger partial charge in [-0.1, -0.05) is 24.3 Å². The van der Waals surface area contributed by atoms with E-state index in [2.05, 4.69) is 5.32 Å². The number of carbonyl (C=O) groups is 1. The summed E-state index contributed by atoms with van der Waals surface area (Å²) < 4.78 is 53.7. The Morgan fingerprint density at radius 3 is 2.17 bits per heavy atom. The van der Waals surface area contributed by atoms with E-state index in [1.54, 1.807) is 19.1 Å². The third-order valence-electron chi connectivity index (χ3n) is 5.38. The highest BCUT2D eigenvalue weighted by Gasteiger charge is 2.33. The summed E-state index contributed by atoms with van der Waals surface area (Å²) in [6.45, 7) is 4.62. The fraction of sp³-hybridized carbons (Fsp3) is 0.381. The van der Waals surface area contributed by atoms with Gasteiger partial charge in [-0.25, -0.2) is 17.2 Å². The Bertz CT molecular complexity index is 991. The number of hydrogen-bond acceptors (Lipinski definition) is 4. The quantitative estimate of drug-likeness (QED) is 0.754. The average molecular weight is 438 g/mol. The third-order valence-corrected chi connectivity index (χ3v) is 7.32. The van der Waals surface area contributed by atoms with Crippen LogP contribution in [0.25, 0.3) is 0 Å². The maximum Gasteiger partial charge on any atom is 0.246 e. The normalized spacial score (nSPS) is 18.0. The number of nitrogens with zero attached hydrogens (tertiary/aromatic N) is 2. The molecular weight excluding hydrogens is 412 g/mol. The molecule has 30 heavy (non-hydrogen) atoms. The first-order valence-electron chi connectivity index (χ1n) is 9.74. The molecule has 1 aliphatic heterocycles. The fourth-order valence-electron chi connectivity index (χ4n) is 3.46. The van der Waals surface area contributed by atoms with Gasteiger partial charge in [-0.2, -0.15) is 4.31 Å². The zero-order chi connectivity index (χ0) is 21.9. The maximum absolute atomic E-state index is 13.9. The van der Waals surface area contributed by atoms with Gasteiger partial charge in [0.25, 0.3) is 0 Å². The van der Waals surface area contributed by atoms with Crippen LogP contribution in [0.4, 0.5) is 8.78 Å². The van der Waals surface area contributed by atoms with E-state index in [0.29, 0.717) is 13.1 Å². The minimum Gasteiger partial charge on any atom is -0.348 e. The maximum atomic E-state index is 13.9. The predicted molar refractivity (Wildman–Crippen MR) is 109 cm³/mol. The van der Waals surface area contributed by atoms with Gasteiger partial charge in [0.1, 0.15) is 16.5 Å². The van der Waals surface area contributed by atoms with Crippen molar-refractivity contribution >= 4 is 15.9 Å². The predicted octanol–water partition coefficient (Wildman–Crippen LogP) is 2.54. The van der Waals surface area contributed by atoms with Gasteiger partial charge >= 0.3 is 0 Å². The van der Waals surface area contributed by atoms with Crippen LogP contribution < -0.4 is 5.32 Å². The highest BCUT2D eigenvalue weighted by atomic mass is 32.2. The number of nitrogens with one attached hydrogen (secondary N) is 1. The Balaban J connectivity index is 1.58. The van der Waals surface area contributed by atoms with Crippen LogP contribution >= 0.6 is 0 Å². The molecule has 1 aliphatic rings. The summed E-state index contributed by atoms with van der Waals surface area (Å²) in [5.41, 5.74) is 0.790. The largest absolute Gasteiger partial charge is 0.348 e. The molecule has 1 amide bonds. The van der Waals surface area contributed by atoms with E-state index in [1.165, 1.54) is 34.6 Å².